The molecule has 1 aromatic rings. The first-order valence-corrected chi connectivity index (χ1v) is 12.2. The molecule has 6 heteroatoms. The summed E-state index contributed by atoms with van der Waals surface area (Å²) < 4.78 is 28.5. The van der Waals surface area contributed by atoms with Crippen LogP contribution < -0.4 is 0 Å². The second-order valence-electron chi connectivity index (χ2n) is 11.0. The number of aryl methyl sites for hydroxylation is 1. The van der Waals surface area contributed by atoms with Gasteiger partial charge in [-0.25, -0.2) is 8.42 Å². The van der Waals surface area contributed by atoms with Gasteiger partial charge in [-0.1, -0.05) is 31.5 Å². The van der Waals surface area contributed by atoms with E-state index >= 15 is 0 Å². The molecule has 2 aliphatic rings. The molecule has 2 heterocycles. The van der Waals surface area contributed by atoms with Crippen LogP contribution in [0.3, 0.4) is 0 Å². The average molecular weight is 423 g/mol. The van der Waals surface area contributed by atoms with E-state index in [9.17, 15) is 8.42 Å². The van der Waals surface area contributed by atoms with Crippen molar-refractivity contribution >= 4 is 10.0 Å². The lowest BCUT2D eigenvalue weighted by atomic mass is 9.82. The van der Waals surface area contributed by atoms with E-state index in [1.54, 1.807) is 16.4 Å². The van der Waals surface area contributed by atoms with Crippen molar-refractivity contribution in [3.8, 4) is 0 Å². The largest absolute Gasteiger partial charge is 0.296 e. The van der Waals surface area contributed by atoms with Crippen LogP contribution in [0.15, 0.2) is 29.2 Å². The molecule has 0 aromatic heterocycles. The molecule has 0 saturated carbocycles. The zero-order chi connectivity index (χ0) is 21.7. The van der Waals surface area contributed by atoms with Crippen molar-refractivity contribution in [2.45, 2.75) is 96.2 Å². The molecule has 0 bridgehead atoms. The maximum absolute atomic E-state index is 13.4. The van der Waals surface area contributed by atoms with Crippen molar-refractivity contribution in [2.24, 2.45) is 5.41 Å². The minimum Gasteiger partial charge on any atom is -0.296 e. The van der Waals surface area contributed by atoms with Crippen LogP contribution in [0.1, 0.15) is 72.8 Å². The Labute approximate surface area is 177 Å². The topological polar surface area (TPSA) is 49.9 Å². The van der Waals surface area contributed by atoms with Crippen LogP contribution >= 0.6 is 0 Å². The molecule has 2 fully saturated rings. The number of sulfonamides is 1. The van der Waals surface area contributed by atoms with Crippen molar-refractivity contribution in [2.75, 3.05) is 13.2 Å². The van der Waals surface area contributed by atoms with Crippen molar-refractivity contribution in [1.82, 2.24) is 9.37 Å². The van der Waals surface area contributed by atoms with Crippen molar-refractivity contribution < 1.29 is 13.3 Å². The maximum atomic E-state index is 13.4. The SMILES string of the molecule is Cc1ccc(S(=O)(=O)N2CC(C)(C)CC2CON2C(C)(C)CCCC2(C)C)cc1. The molecule has 2 saturated heterocycles. The van der Waals surface area contributed by atoms with Gasteiger partial charge in [0.2, 0.25) is 10.0 Å². The molecule has 0 aliphatic carbocycles. The monoisotopic (exact) mass is 422 g/mol. The van der Waals surface area contributed by atoms with Crippen LogP contribution in [0.25, 0.3) is 0 Å². The van der Waals surface area contributed by atoms with Crippen LogP contribution in [0.2, 0.25) is 0 Å². The van der Waals surface area contributed by atoms with E-state index in [1.165, 1.54) is 6.42 Å². The summed E-state index contributed by atoms with van der Waals surface area (Å²) in [5.41, 5.74) is 0.867. The highest BCUT2D eigenvalue weighted by Crippen LogP contribution is 2.41. The summed E-state index contributed by atoms with van der Waals surface area (Å²) in [6, 6.07) is 6.98. The van der Waals surface area contributed by atoms with E-state index < -0.39 is 10.0 Å². The Hall–Kier alpha value is -0.950. The van der Waals surface area contributed by atoms with Crippen LogP contribution in [0.5, 0.6) is 0 Å². The Morgan fingerprint density at radius 1 is 1.00 bits per heavy atom. The van der Waals surface area contributed by atoms with Gasteiger partial charge in [-0.3, -0.25) is 4.84 Å². The molecule has 0 N–H and O–H groups in total. The molecular formula is C23H38N2O3S. The second kappa shape index (κ2) is 7.63. The summed E-state index contributed by atoms with van der Waals surface area (Å²) in [6.07, 6.45) is 4.15. The van der Waals surface area contributed by atoms with Crippen molar-refractivity contribution in [3.05, 3.63) is 29.8 Å². The van der Waals surface area contributed by atoms with Gasteiger partial charge in [0, 0.05) is 17.6 Å². The van der Waals surface area contributed by atoms with E-state index in [-0.39, 0.29) is 22.5 Å². The van der Waals surface area contributed by atoms with Crippen molar-refractivity contribution in [3.63, 3.8) is 0 Å². The Kier molecular flexibility index (Phi) is 5.98. The fraction of sp³-hybridized carbons (Fsp3) is 0.739. The zero-order valence-corrected chi connectivity index (χ0v) is 20.0. The third kappa shape index (κ3) is 4.71. The summed E-state index contributed by atoms with van der Waals surface area (Å²) in [4.78, 5) is 6.76. The van der Waals surface area contributed by atoms with Crippen molar-refractivity contribution in [1.29, 1.82) is 0 Å². The van der Waals surface area contributed by atoms with E-state index in [1.807, 2.05) is 19.1 Å². The summed E-state index contributed by atoms with van der Waals surface area (Å²) in [5.74, 6) is 0. The Morgan fingerprint density at radius 3 is 2.10 bits per heavy atom. The minimum atomic E-state index is -3.55. The number of hydrogen-bond acceptors (Lipinski definition) is 4. The molecule has 1 atom stereocenters. The predicted molar refractivity (Wildman–Crippen MR) is 117 cm³/mol. The van der Waals surface area contributed by atoms with Gasteiger partial charge in [0.25, 0.3) is 0 Å². The fourth-order valence-electron chi connectivity index (χ4n) is 5.11. The van der Waals surface area contributed by atoms with Crippen LogP contribution in [0.4, 0.5) is 0 Å². The highest BCUT2D eigenvalue weighted by atomic mass is 32.2. The number of piperidine rings is 1. The summed E-state index contributed by atoms with van der Waals surface area (Å²) in [5, 5.41) is 2.13. The first kappa shape index (κ1) is 22.7. The molecular weight excluding hydrogens is 384 g/mol. The molecule has 29 heavy (non-hydrogen) atoms. The fourth-order valence-corrected chi connectivity index (χ4v) is 6.91. The average Bonchev–Trinajstić information content (AvgIpc) is 2.89. The van der Waals surface area contributed by atoms with Gasteiger partial charge in [0.15, 0.2) is 0 Å². The third-order valence-electron chi connectivity index (χ3n) is 6.48. The molecule has 0 spiro atoms. The van der Waals surface area contributed by atoms with Crippen LogP contribution in [-0.4, -0.2) is 48.1 Å². The van der Waals surface area contributed by atoms with Gasteiger partial charge in [-0.05, 0) is 77.8 Å². The maximum Gasteiger partial charge on any atom is 0.243 e. The summed E-state index contributed by atoms with van der Waals surface area (Å²) in [7, 11) is -3.55. The molecule has 3 rings (SSSR count). The van der Waals surface area contributed by atoms with Gasteiger partial charge in [0.1, 0.15) is 0 Å². The molecule has 2 aliphatic heterocycles. The van der Waals surface area contributed by atoms with Gasteiger partial charge in [0.05, 0.1) is 17.5 Å². The Bertz CT molecular complexity index is 812. The van der Waals surface area contributed by atoms with E-state index in [0.29, 0.717) is 18.0 Å². The molecule has 0 amide bonds. The van der Waals surface area contributed by atoms with Gasteiger partial charge in [-0.2, -0.15) is 9.37 Å². The molecule has 0 radical (unpaired) electrons. The second-order valence-corrected chi connectivity index (χ2v) is 12.8. The highest BCUT2D eigenvalue weighted by molar-refractivity contribution is 7.89. The van der Waals surface area contributed by atoms with Gasteiger partial charge < -0.3 is 0 Å². The highest BCUT2D eigenvalue weighted by Gasteiger charge is 2.47. The lowest BCUT2D eigenvalue weighted by Gasteiger charge is -2.51. The standard InChI is InChI=1S/C23H38N2O3S/c1-18-9-11-20(12-10-18)29(26,27)24-17-21(2,3)15-19(24)16-28-25-22(4,5)13-8-14-23(25,6)7/h9-12,19H,8,13-17H2,1-7H3. The predicted octanol–water partition coefficient (Wildman–Crippen LogP) is 4.76. The normalized spacial score (nSPS) is 27.2. The van der Waals surface area contributed by atoms with Crippen LogP contribution in [-0.2, 0) is 14.9 Å². The lowest BCUT2D eigenvalue weighted by Crippen LogP contribution is -2.59. The zero-order valence-electron chi connectivity index (χ0n) is 19.2. The first-order chi connectivity index (χ1) is 13.2. The van der Waals surface area contributed by atoms with E-state index in [4.69, 9.17) is 4.84 Å². The number of nitrogens with zero attached hydrogens (tertiary/aromatic N) is 2. The summed E-state index contributed by atoms with van der Waals surface area (Å²) in [6.45, 7) is 16.0. The number of benzene rings is 1. The third-order valence-corrected chi connectivity index (χ3v) is 8.39. The molecule has 164 valence electrons. The number of hydroxylamine groups is 2. The Morgan fingerprint density at radius 2 is 1.55 bits per heavy atom. The van der Waals surface area contributed by atoms with E-state index in [0.717, 1.165) is 24.8 Å². The van der Waals surface area contributed by atoms with Crippen LogP contribution in [0, 0.1) is 12.3 Å². The van der Waals surface area contributed by atoms with Gasteiger partial charge in [-0.15, -0.1) is 0 Å². The minimum absolute atomic E-state index is 0.0590. The Balaban J connectivity index is 1.82. The molecule has 1 aromatic carbocycles. The van der Waals surface area contributed by atoms with Gasteiger partial charge >= 0.3 is 0 Å². The number of hydrogen-bond donors (Lipinski definition) is 0. The van der Waals surface area contributed by atoms with E-state index in [2.05, 4.69) is 46.6 Å². The number of rotatable bonds is 5. The smallest absolute Gasteiger partial charge is 0.243 e. The molecule has 1 unspecified atom stereocenters. The first-order valence-electron chi connectivity index (χ1n) is 10.8. The molecule has 5 nitrogen and oxygen atoms in total. The summed E-state index contributed by atoms with van der Waals surface area (Å²) >= 11 is 0. The lowest BCUT2D eigenvalue weighted by molar-refractivity contribution is -0.284. The quantitative estimate of drug-likeness (QED) is 0.686.